The second-order valence-electron chi connectivity index (χ2n) is 3.01. The van der Waals surface area contributed by atoms with Gasteiger partial charge in [-0.15, -0.1) is 0 Å². The molecule has 14 heavy (non-hydrogen) atoms. The standard InChI is InChI=1S/C8H9F3N2O/c1-13(2)5-3-6(8(9,10)11)12-7(14)4-5/h3-4H,1-2H3,(H,12,14). The Morgan fingerprint density at radius 1 is 1.29 bits per heavy atom. The van der Waals surface area contributed by atoms with E-state index in [0.29, 0.717) is 0 Å². The Bertz CT molecular complexity index is 381. The number of alkyl halides is 3. The first-order chi connectivity index (χ1) is 6.30. The zero-order valence-electron chi connectivity index (χ0n) is 7.64. The van der Waals surface area contributed by atoms with E-state index in [9.17, 15) is 18.0 Å². The predicted molar refractivity (Wildman–Crippen MR) is 46.4 cm³/mol. The van der Waals surface area contributed by atoms with Crippen molar-refractivity contribution in [3.05, 3.63) is 28.2 Å². The van der Waals surface area contributed by atoms with Gasteiger partial charge in [0.25, 0.3) is 0 Å². The fourth-order valence-electron chi connectivity index (χ4n) is 0.940. The number of nitrogens with one attached hydrogen (secondary N) is 1. The Labute approximate surface area is 78.2 Å². The quantitative estimate of drug-likeness (QED) is 0.755. The molecule has 0 aliphatic carbocycles. The smallest absolute Gasteiger partial charge is 0.377 e. The maximum Gasteiger partial charge on any atom is 0.431 e. The average molecular weight is 206 g/mol. The van der Waals surface area contributed by atoms with Crippen LogP contribution in [0.1, 0.15) is 5.69 Å². The van der Waals surface area contributed by atoms with Gasteiger partial charge in [-0.25, -0.2) is 0 Å². The molecule has 1 heterocycles. The zero-order chi connectivity index (χ0) is 10.9. The van der Waals surface area contributed by atoms with Crippen molar-refractivity contribution >= 4 is 5.69 Å². The molecule has 0 saturated carbocycles. The molecule has 1 aromatic heterocycles. The molecule has 0 unspecified atom stereocenters. The molecule has 1 aromatic rings. The third-order valence-electron chi connectivity index (χ3n) is 1.65. The monoisotopic (exact) mass is 206 g/mol. The largest absolute Gasteiger partial charge is 0.431 e. The maximum absolute atomic E-state index is 12.2. The van der Waals surface area contributed by atoms with Crippen LogP contribution in [0.15, 0.2) is 16.9 Å². The number of pyridine rings is 1. The molecule has 0 aliphatic heterocycles. The highest BCUT2D eigenvalue weighted by Gasteiger charge is 2.32. The highest BCUT2D eigenvalue weighted by molar-refractivity contribution is 5.45. The van der Waals surface area contributed by atoms with Crippen molar-refractivity contribution in [2.45, 2.75) is 6.18 Å². The van der Waals surface area contributed by atoms with E-state index in [2.05, 4.69) is 0 Å². The number of hydrogen-bond acceptors (Lipinski definition) is 2. The van der Waals surface area contributed by atoms with Crippen molar-refractivity contribution in [1.82, 2.24) is 4.98 Å². The first-order valence-electron chi connectivity index (χ1n) is 3.79. The number of nitrogens with zero attached hydrogens (tertiary/aromatic N) is 1. The van der Waals surface area contributed by atoms with Crippen LogP contribution >= 0.6 is 0 Å². The summed E-state index contributed by atoms with van der Waals surface area (Å²) in [5.74, 6) is 0. The van der Waals surface area contributed by atoms with Gasteiger partial charge in [0.05, 0.1) is 0 Å². The highest BCUT2D eigenvalue weighted by Crippen LogP contribution is 2.28. The molecule has 1 N–H and O–H groups in total. The van der Waals surface area contributed by atoms with Crippen LogP contribution in [0.25, 0.3) is 0 Å². The van der Waals surface area contributed by atoms with Crippen LogP contribution in [0.5, 0.6) is 0 Å². The molecule has 6 heteroatoms. The summed E-state index contributed by atoms with van der Waals surface area (Å²) in [6, 6.07) is 2.00. The summed E-state index contributed by atoms with van der Waals surface area (Å²) in [6.45, 7) is 0. The number of halogens is 3. The number of hydrogen-bond donors (Lipinski definition) is 1. The third kappa shape index (κ3) is 2.27. The van der Waals surface area contributed by atoms with Crippen molar-refractivity contribution in [2.75, 3.05) is 19.0 Å². The maximum atomic E-state index is 12.2. The second-order valence-corrected chi connectivity index (χ2v) is 3.01. The van der Waals surface area contributed by atoms with E-state index in [4.69, 9.17) is 0 Å². The molecule has 0 atom stereocenters. The van der Waals surface area contributed by atoms with Gasteiger partial charge in [0, 0.05) is 25.8 Å². The molecule has 0 saturated heterocycles. The number of rotatable bonds is 1. The summed E-state index contributed by atoms with van der Waals surface area (Å²) in [5, 5.41) is 0. The van der Waals surface area contributed by atoms with Crippen LogP contribution < -0.4 is 10.5 Å². The lowest BCUT2D eigenvalue weighted by molar-refractivity contribution is -0.141. The average Bonchev–Trinajstić information content (AvgIpc) is 2.01. The molecule has 0 aromatic carbocycles. The fourth-order valence-corrected chi connectivity index (χ4v) is 0.940. The van der Waals surface area contributed by atoms with Gasteiger partial charge in [0.2, 0.25) is 5.56 Å². The Hall–Kier alpha value is -1.46. The number of aromatic amines is 1. The molecule has 0 bridgehead atoms. The number of aromatic nitrogens is 1. The first-order valence-corrected chi connectivity index (χ1v) is 3.79. The van der Waals surface area contributed by atoms with Crippen LogP contribution in [0, 0.1) is 0 Å². The summed E-state index contributed by atoms with van der Waals surface area (Å²) in [5.41, 5.74) is -1.57. The highest BCUT2D eigenvalue weighted by atomic mass is 19.4. The number of anilines is 1. The van der Waals surface area contributed by atoms with Gasteiger partial charge in [-0.1, -0.05) is 0 Å². The molecule has 1 rings (SSSR count). The lowest BCUT2D eigenvalue weighted by Crippen LogP contribution is -2.19. The predicted octanol–water partition coefficient (Wildman–Crippen LogP) is 1.46. The summed E-state index contributed by atoms with van der Waals surface area (Å²) in [7, 11) is 3.13. The molecule has 0 aliphatic rings. The molecule has 0 radical (unpaired) electrons. The Balaban J connectivity index is 3.28. The van der Waals surface area contributed by atoms with E-state index < -0.39 is 17.4 Å². The Morgan fingerprint density at radius 2 is 1.86 bits per heavy atom. The molecule has 0 fully saturated rings. The van der Waals surface area contributed by atoms with Crippen LogP contribution in [-0.2, 0) is 6.18 Å². The van der Waals surface area contributed by atoms with E-state index in [-0.39, 0.29) is 5.69 Å². The van der Waals surface area contributed by atoms with Crippen LogP contribution in [-0.4, -0.2) is 19.1 Å². The van der Waals surface area contributed by atoms with E-state index >= 15 is 0 Å². The summed E-state index contributed by atoms with van der Waals surface area (Å²) in [4.78, 5) is 14.1. The van der Waals surface area contributed by atoms with E-state index in [0.717, 1.165) is 12.1 Å². The van der Waals surface area contributed by atoms with E-state index in [1.54, 1.807) is 19.1 Å². The van der Waals surface area contributed by atoms with E-state index in [1.807, 2.05) is 0 Å². The van der Waals surface area contributed by atoms with Gasteiger partial charge in [-0.05, 0) is 6.07 Å². The minimum atomic E-state index is -4.52. The van der Waals surface area contributed by atoms with Gasteiger partial charge < -0.3 is 9.88 Å². The van der Waals surface area contributed by atoms with Crippen molar-refractivity contribution in [3.63, 3.8) is 0 Å². The summed E-state index contributed by atoms with van der Waals surface area (Å²) >= 11 is 0. The first kappa shape index (κ1) is 10.6. The normalized spacial score (nSPS) is 11.5. The minimum Gasteiger partial charge on any atom is -0.377 e. The minimum absolute atomic E-state index is 0.223. The third-order valence-corrected chi connectivity index (χ3v) is 1.65. The topological polar surface area (TPSA) is 36.1 Å². The van der Waals surface area contributed by atoms with Crippen molar-refractivity contribution in [2.24, 2.45) is 0 Å². The summed E-state index contributed by atoms with van der Waals surface area (Å²) < 4.78 is 36.7. The van der Waals surface area contributed by atoms with Crippen LogP contribution in [0.4, 0.5) is 18.9 Å². The molecule has 78 valence electrons. The molecular weight excluding hydrogens is 197 g/mol. The lowest BCUT2D eigenvalue weighted by Gasteiger charge is -2.14. The van der Waals surface area contributed by atoms with Crippen molar-refractivity contribution < 1.29 is 13.2 Å². The van der Waals surface area contributed by atoms with Crippen LogP contribution in [0.3, 0.4) is 0 Å². The van der Waals surface area contributed by atoms with Gasteiger partial charge in [0.1, 0.15) is 5.69 Å². The molecule has 3 nitrogen and oxygen atoms in total. The Morgan fingerprint density at radius 3 is 2.29 bits per heavy atom. The van der Waals surface area contributed by atoms with Crippen molar-refractivity contribution in [3.8, 4) is 0 Å². The van der Waals surface area contributed by atoms with Gasteiger partial charge in [-0.3, -0.25) is 4.79 Å². The Kier molecular flexibility index (Phi) is 2.55. The molecular formula is C8H9F3N2O. The zero-order valence-corrected chi connectivity index (χ0v) is 7.64. The molecule has 0 amide bonds. The van der Waals surface area contributed by atoms with Gasteiger partial charge in [0.15, 0.2) is 0 Å². The molecule has 0 spiro atoms. The number of H-pyrrole nitrogens is 1. The van der Waals surface area contributed by atoms with Crippen LogP contribution in [0.2, 0.25) is 0 Å². The lowest BCUT2D eigenvalue weighted by atomic mass is 10.3. The summed E-state index contributed by atoms with van der Waals surface area (Å²) in [6.07, 6.45) is -4.52. The van der Waals surface area contributed by atoms with Gasteiger partial charge >= 0.3 is 6.18 Å². The fraction of sp³-hybridized carbons (Fsp3) is 0.375. The van der Waals surface area contributed by atoms with E-state index in [1.165, 1.54) is 4.90 Å². The van der Waals surface area contributed by atoms with Crippen molar-refractivity contribution in [1.29, 1.82) is 0 Å². The second kappa shape index (κ2) is 3.36. The SMILES string of the molecule is CN(C)c1cc(C(F)(F)F)[nH]c(=O)c1. The van der Waals surface area contributed by atoms with Gasteiger partial charge in [-0.2, -0.15) is 13.2 Å².